The second kappa shape index (κ2) is 1.22. The molecule has 0 aliphatic heterocycles. The third kappa shape index (κ3) is 0.534. The van der Waals surface area contributed by atoms with E-state index in [0.29, 0.717) is 0 Å². The van der Waals surface area contributed by atoms with Crippen LogP contribution in [0.1, 0.15) is 5.82 Å². The molecule has 4 nitrogen and oxygen atoms in total. The van der Waals surface area contributed by atoms with Gasteiger partial charge in [-0.15, -0.1) is 9.77 Å². The molecule has 0 spiro atoms. The van der Waals surface area contributed by atoms with Crippen molar-refractivity contribution >= 4 is 0 Å². The first-order valence-electron chi connectivity index (χ1n) is 1.97. The fourth-order valence-corrected chi connectivity index (χ4v) is 0.329. The van der Waals surface area contributed by atoms with Crippen LogP contribution in [0.25, 0.3) is 0 Å². The van der Waals surface area contributed by atoms with Crippen LogP contribution in [0, 0.1) is 6.92 Å². The SMILES string of the molecule is Cc1[nH]nc[n+]1N. The van der Waals surface area contributed by atoms with E-state index in [-0.39, 0.29) is 0 Å². The number of nitrogen functional groups attached to an aromatic ring is 1. The third-order valence-electron chi connectivity index (χ3n) is 0.796. The van der Waals surface area contributed by atoms with Crippen molar-refractivity contribution in [2.45, 2.75) is 6.92 Å². The van der Waals surface area contributed by atoms with E-state index in [9.17, 15) is 0 Å². The molecular weight excluding hydrogens is 92.1 g/mol. The van der Waals surface area contributed by atoms with Gasteiger partial charge in [0.2, 0.25) is 0 Å². The number of hydrogen-bond donors (Lipinski definition) is 2. The van der Waals surface area contributed by atoms with Crippen LogP contribution in [0.2, 0.25) is 0 Å². The average molecular weight is 99.1 g/mol. The van der Waals surface area contributed by atoms with Crippen LogP contribution in [0.4, 0.5) is 0 Å². The van der Waals surface area contributed by atoms with Crippen LogP contribution in [0.3, 0.4) is 0 Å². The number of hydrogen-bond acceptors (Lipinski definition) is 2. The molecule has 3 N–H and O–H groups in total. The van der Waals surface area contributed by atoms with E-state index < -0.39 is 0 Å². The maximum absolute atomic E-state index is 5.26. The molecule has 1 heterocycles. The van der Waals surface area contributed by atoms with Gasteiger partial charge in [0.1, 0.15) is 0 Å². The second-order valence-electron chi connectivity index (χ2n) is 1.35. The molecule has 0 saturated carbocycles. The molecule has 0 fully saturated rings. The highest BCUT2D eigenvalue weighted by Crippen LogP contribution is 1.68. The van der Waals surface area contributed by atoms with E-state index in [1.807, 2.05) is 6.92 Å². The normalized spacial score (nSPS) is 9.29. The lowest BCUT2D eigenvalue weighted by atomic mass is 10.7. The van der Waals surface area contributed by atoms with Crippen molar-refractivity contribution in [1.82, 2.24) is 10.2 Å². The zero-order chi connectivity index (χ0) is 5.28. The van der Waals surface area contributed by atoms with Crippen molar-refractivity contribution in [3.8, 4) is 0 Å². The summed E-state index contributed by atoms with van der Waals surface area (Å²) < 4.78 is 1.42. The average Bonchev–Trinajstić information content (AvgIpc) is 1.91. The number of H-pyrrole nitrogens is 1. The summed E-state index contributed by atoms with van der Waals surface area (Å²) in [5, 5.41) is 6.29. The molecule has 0 unspecified atom stereocenters. The summed E-state index contributed by atoms with van der Waals surface area (Å²) in [5.41, 5.74) is 0. The third-order valence-corrected chi connectivity index (χ3v) is 0.796. The molecular formula is C3H7N4+. The maximum atomic E-state index is 5.26. The minimum atomic E-state index is 0.847. The lowest BCUT2D eigenvalue weighted by Crippen LogP contribution is -2.44. The Morgan fingerprint density at radius 2 is 2.71 bits per heavy atom. The Kier molecular flexibility index (Phi) is 0.714. The first-order valence-corrected chi connectivity index (χ1v) is 1.97. The number of aromatic nitrogens is 3. The van der Waals surface area contributed by atoms with E-state index in [2.05, 4.69) is 10.2 Å². The number of nitrogens with two attached hydrogens (primary N) is 1. The van der Waals surface area contributed by atoms with Gasteiger partial charge in [-0.2, -0.15) is 0 Å². The number of nitrogens with zero attached hydrogens (tertiary/aromatic N) is 2. The number of aryl methyl sites for hydroxylation is 1. The smallest absolute Gasteiger partial charge is 0.286 e. The van der Waals surface area contributed by atoms with Gasteiger partial charge in [0, 0.05) is 12.0 Å². The van der Waals surface area contributed by atoms with E-state index in [0.717, 1.165) is 5.82 Å². The summed E-state index contributed by atoms with van der Waals surface area (Å²) in [6.07, 6.45) is 1.51. The van der Waals surface area contributed by atoms with Crippen molar-refractivity contribution in [3.63, 3.8) is 0 Å². The zero-order valence-corrected chi connectivity index (χ0v) is 4.05. The van der Waals surface area contributed by atoms with Gasteiger partial charge in [-0.25, -0.2) is 0 Å². The van der Waals surface area contributed by atoms with Crippen molar-refractivity contribution in [1.29, 1.82) is 0 Å². The van der Waals surface area contributed by atoms with Gasteiger partial charge < -0.3 is 0 Å². The van der Waals surface area contributed by atoms with Crippen LogP contribution in [-0.2, 0) is 0 Å². The topological polar surface area (TPSA) is 58.6 Å². The summed E-state index contributed by atoms with van der Waals surface area (Å²) in [6.45, 7) is 1.84. The van der Waals surface area contributed by atoms with E-state index >= 15 is 0 Å². The van der Waals surface area contributed by atoms with Crippen molar-refractivity contribution in [3.05, 3.63) is 12.2 Å². The summed E-state index contributed by atoms with van der Waals surface area (Å²) in [6, 6.07) is 0. The van der Waals surface area contributed by atoms with Crippen LogP contribution in [0.5, 0.6) is 0 Å². The minimum Gasteiger partial charge on any atom is -0.289 e. The summed E-state index contributed by atoms with van der Waals surface area (Å²) in [4.78, 5) is 0. The monoisotopic (exact) mass is 99.1 g/mol. The molecule has 38 valence electrons. The van der Waals surface area contributed by atoms with E-state index in [1.54, 1.807) is 0 Å². The van der Waals surface area contributed by atoms with Crippen molar-refractivity contribution in [2.24, 2.45) is 0 Å². The highest BCUT2D eigenvalue weighted by atomic mass is 15.4. The molecule has 0 aliphatic carbocycles. The fourth-order valence-electron chi connectivity index (χ4n) is 0.329. The summed E-state index contributed by atoms with van der Waals surface area (Å²) in [5.74, 6) is 6.11. The predicted molar refractivity (Wildman–Crippen MR) is 23.7 cm³/mol. The highest BCUT2D eigenvalue weighted by molar-refractivity contribution is 4.58. The van der Waals surface area contributed by atoms with E-state index in [1.165, 1.54) is 11.0 Å². The molecule has 0 aliphatic rings. The fraction of sp³-hybridized carbons (Fsp3) is 0.333. The maximum Gasteiger partial charge on any atom is 0.286 e. The lowest BCUT2D eigenvalue weighted by molar-refractivity contribution is -0.645. The zero-order valence-electron chi connectivity index (χ0n) is 4.05. The van der Waals surface area contributed by atoms with Gasteiger partial charge in [0.05, 0.1) is 0 Å². The largest absolute Gasteiger partial charge is 0.289 e. The molecule has 1 aromatic rings. The molecule has 0 aromatic carbocycles. The summed E-state index contributed by atoms with van der Waals surface area (Å²) in [7, 11) is 0. The number of nitrogens with one attached hydrogen (secondary N) is 1. The molecule has 0 amide bonds. The van der Waals surface area contributed by atoms with Crippen LogP contribution in [0.15, 0.2) is 6.33 Å². The molecule has 0 atom stereocenters. The summed E-state index contributed by atoms with van der Waals surface area (Å²) >= 11 is 0. The highest BCUT2D eigenvalue weighted by Gasteiger charge is 1.95. The Morgan fingerprint density at radius 3 is 2.86 bits per heavy atom. The predicted octanol–water partition coefficient (Wildman–Crippen LogP) is -1.28. The molecule has 0 bridgehead atoms. The van der Waals surface area contributed by atoms with Gasteiger partial charge in [-0.3, -0.25) is 5.84 Å². The Labute approximate surface area is 40.9 Å². The van der Waals surface area contributed by atoms with Crippen LogP contribution < -0.4 is 10.5 Å². The number of rotatable bonds is 0. The minimum absolute atomic E-state index is 0.847. The Bertz CT molecular complexity index is 139. The standard InChI is InChI=1S/C3H6N4/c1-3-6-5-2-7(3)4/h2H,4H2,1H3/p+1. The van der Waals surface area contributed by atoms with Crippen molar-refractivity contribution in [2.75, 3.05) is 5.84 Å². The first-order chi connectivity index (χ1) is 3.30. The molecule has 0 saturated heterocycles. The van der Waals surface area contributed by atoms with Gasteiger partial charge in [-0.1, -0.05) is 0 Å². The van der Waals surface area contributed by atoms with Gasteiger partial charge >= 0.3 is 0 Å². The number of aromatic amines is 1. The Hall–Kier alpha value is -1.06. The van der Waals surface area contributed by atoms with Gasteiger partial charge in [-0.05, 0) is 0 Å². The lowest BCUT2D eigenvalue weighted by Gasteiger charge is -1.77. The molecule has 4 heteroatoms. The first kappa shape index (κ1) is 4.11. The van der Waals surface area contributed by atoms with Gasteiger partial charge in [0.15, 0.2) is 0 Å². The molecule has 7 heavy (non-hydrogen) atoms. The Balaban J connectivity index is 3.12. The molecule has 0 radical (unpaired) electrons. The van der Waals surface area contributed by atoms with Gasteiger partial charge in [0.25, 0.3) is 12.2 Å². The second-order valence-corrected chi connectivity index (χ2v) is 1.35. The Morgan fingerprint density at radius 1 is 2.00 bits per heavy atom. The quantitative estimate of drug-likeness (QED) is 0.314. The van der Waals surface area contributed by atoms with E-state index in [4.69, 9.17) is 5.84 Å². The van der Waals surface area contributed by atoms with Crippen molar-refractivity contribution < 1.29 is 4.68 Å². The van der Waals surface area contributed by atoms with Crippen LogP contribution >= 0.6 is 0 Å². The molecule has 1 aromatic heterocycles. The molecule has 1 rings (SSSR count). The van der Waals surface area contributed by atoms with Crippen LogP contribution in [-0.4, -0.2) is 10.2 Å².